The van der Waals surface area contributed by atoms with Gasteiger partial charge in [0.1, 0.15) is 5.60 Å². The van der Waals surface area contributed by atoms with E-state index in [2.05, 4.69) is 47.1 Å². The van der Waals surface area contributed by atoms with Gasteiger partial charge in [0, 0.05) is 27.2 Å². The molecular formula is C20H24BrNO2S. The van der Waals surface area contributed by atoms with E-state index >= 15 is 0 Å². The number of hydrogen-bond acceptors (Lipinski definition) is 3. The number of amides is 1. The molecule has 2 heterocycles. The summed E-state index contributed by atoms with van der Waals surface area (Å²) >= 11 is 5.44. The summed E-state index contributed by atoms with van der Waals surface area (Å²) in [4.78, 5) is 16.9. The maximum absolute atomic E-state index is 12.3. The molecule has 1 aromatic heterocycles. The second-order valence-corrected chi connectivity index (χ2v) is 9.70. The molecule has 5 heteroatoms. The Morgan fingerprint density at radius 2 is 2.08 bits per heavy atom. The van der Waals surface area contributed by atoms with Crippen molar-refractivity contribution in [3.63, 3.8) is 0 Å². The number of rotatable bonds is 2. The predicted octanol–water partition coefficient (Wildman–Crippen LogP) is 5.70. The van der Waals surface area contributed by atoms with Gasteiger partial charge in [-0.1, -0.05) is 22.0 Å². The summed E-state index contributed by atoms with van der Waals surface area (Å²) in [5, 5.41) is 0. The molecule has 0 aliphatic carbocycles. The predicted molar refractivity (Wildman–Crippen MR) is 106 cm³/mol. The third-order valence-corrected chi connectivity index (χ3v) is 5.98. The first-order valence-electron chi connectivity index (χ1n) is 8.55. The molecule has 0 radical (unpaired) electrons. The summed E-state index contributed by atoms with van der Waals surface area (Å²) in [5.41, 5.74) is 3.47. The van der Waals surface area contributed by atoms with Crippen molar-refractivity contribution in [2.75, 3.05) is 6.54 Å². The molecule has 0 bridgehead atoms. The van der Waals surface area contributed by atoms with E-state index in [9.17, 15) is 4.79 Å². The highest BCUT2D eigenvalue weighted by Gasteiger charge is 2.27. The maximum atomic E-state index is 12.3. The Balaban J connectivity index is 1.73. The Labute approximate surface area is 162 Å². The first-order valence-corrected chi connectivity index (χ1v) is 10.2. The van der Waals surface area contributed by atoms with Gasteiger partial charge in [-0.3, -0.25) is 0 Å². The van der Waals surface area contributed by atoms with Gasteiger partial charge in [-0.15, -0.1) is 11.3 Å². The highest BCUT2D eigenvalue weighted by molar-refractivity contribution is 9.10. The standard InChI is InChI=1S/C20H24BrNO2S/c1-13-5-6-16(21)9-14(13)10-17-11-15-12-22(8-7-18(15)25-17)19(23)24-20(2,3)4/h5-6,9,11H,7-8,10,12H2,1-4H3. The highest BCUT2D eigenvalue weighted by Crippen LogP contribution is 2.31. The molecule has 0 spiro atoms. The largest absolute Gasteiger partial charge is 0.444 e. The lowest BCUT2D eigenvalue weighted by Gasteiger charge is -2.29. The Bertz CT molecular complexity index is 791. The Hall–Kier alpha value is -1.33. The third kappa shape index (κ3) is 4.64. The van der Waals surface area contributed by atoms with Crippen LogP contribution in [0.1, 0.15) is 47.2 Å². The zero-order chi connectivity index (χ0) is 18.2. The number of fused-ring (bicyclic) bond motifs is 1. The van der Waals surface area contributed by atoms with Gasteiger partial charge in [0.2, 0.25) is 0 Å². The van der Waals surface area contributed by atoms with Crippen LogP contribution in [0.25, 0.3) is 0 Å². The summed E-state index contributed by atoms with van der Waals surface area (Å²) in [6, 6.07) is 8.69. The molecule has 0 atom stereocenters. The molecule has 0 saturated heterocycles. The number of carbonyl (C=O) groups is 1. The second kappa shape index (κ2) is 7.12. The van der Waals surface area contributed by atoms with E-state index < -0.39 is 5.60 Å². The summed E-state index contributed by atoms with van der Waals surface area (Å²) in [5.74, 6) is 0. The molecule has 0 unspecified atom stereocenters. The van der Waals surface area contributed by atoms with Crippen LogP contribution in [0.15, 0.2) is 28.7 Å². The SMILES string of the molecule is Cc1ccc(Br)cc1Cc1cc2c(s1)CCN(C(=O)OC(C)(C)C)C2. The second-order valence-electron chi connectivity index (χ2n) is 7.56. The van der Waals surface area contributed by atoms with Gasteiger partial charge in [-0.05, 0) is 69.0 Å². The molecule has 0 saturated carbocycles. The topological polar surface area (TPSA) is 29.5 Å². The number of carbonyl (C=O) groups excluding carboxylic acids is 1. The molecule has 25 heavy (non-hydrogen) atoms. The van der Waals surface area contributed by atoms with Crippen LogP contribution in [0, 0.1) is 6.92 Å². The van der Waals surface area contributed by atoms with Crippen molar-refractivity contribution in [1.29, 1.82) is 0 Å². The van der Waals surface area contributed by atoms with Crippen molar-refractivity contribution in [3.8, 4) is 0 Å². The fourth-order valence-corrected chi connectivity index (χ4v) is 4.58. The summed E-state index contributed by atoms with van der Waals surface area (Å²) < 4.78 is 6.62. The first kappa shape index (κ1) is 18.5. The molecule has 2 aromatic rings. The van der Waals surface area contributed by atoms with Crippen LogP contribution in [0.2, 0.25) is 0 Å². The van der Waals surface area contributed by atoms with E-state index in [-0.39, 0.29) is 6.09 Å². The van der Waals surface area contributed by atoms with Gasteiger partial charge in [0.25, 0.3) is 0 Å². The lowest BCUT2D eigenvalue weighted by atomic mass is 10.0. The fraction of sp³-hybridized carbons (Fsp3) is 0.450. The van der Waals surface area contributed by atoms with Crippen molar-refractivity contribution in [3.05, 3.63) is 55.2 Å². The van der Waals surface area contributed by atoms with Crippen molar-refractivity contribution < 1.29 is 9.53 Å². The van der Waals surface area contributed by atoms with E-state index in [4.69, 9.17) is 4.74 Å². The maximum Gasteiger partial charge on any atom is 0.410 e. The quantitative estimate of drug-likeness (QED) is 0.621. The normalized spacial score (nSPS) is 14.4. The van der Waals surface area contributed by atoms with Gasteiger partial charge >= 0.3 is 6.09 Å². The number of thiophene rings is 1. The van der Waals surface area contributed by atoms with E-state index in [0.717, 1.165) is 23.9 Å². The van der Waals surface area contributed by atoms with Crippen LogP contribution >= 0.6 is 27.3 Å². The lowest BCUT2D eigenvalue weighted by molar-refractivity contribution is 0.0225. The zero-order valence-corrected chi connectivity index (χ0v) is 17.6. The van der Waals surface area contributed by atoms with E-state index in [1.54, 1.807) is 0 Å². The van der Waals surface area contributed by atoms with Gasteiger partial charge in [-0.25, -0.2) is 4.79 Å². The zero-order valence-electron chi connectivity index (χ0n) is 15.2. The minimum atomic E-state index is -0.449. The van der Waals surface area contributed by atoms with Gasteiger partial charge < -0.3 is 9.64 Å². The van der Waals surface area contributed by atoms with E-state index in [0.29, 0.717) is 6.54 Å². The molecule has 0 fully saturated rings. The molecule has 1 aliphatic rings. The molecule has 1 aliphatic heterocycles. The average Bonchev–Trinajstić information content (AvgIpc) is 2.90. The number of nitrogens with zero attached hydrogens (tertiary/aromatic N) is 1. The Morgan fingerprint density at radius 3 is 2.80 bits per heavy atom. The number of ether oxygens (including phenoxy) is 1. The van der Waals surface area contributed by atoms with Crippen molar-refractivity contribution in [2.24, 2.45) is 0 Å². The van der Waals surface area contributed by atoms with Crippen molar-refractivity contribution in [2.45, 2.75) is 52.7 Å². The number of aryl methyl sites for hydroxylation is 1. The van der Waals surface area contributed by atoms with Crippen LogP contribution in [-0.2, 0) is 24.1 Å². The smallest absolute Gasteiger partial charge is 0.410 e. The Morgan fingerprint density at radius 1 is 1.32 bits per heavy atom. The molecule has 1 aromatic carbocycles. The lowest BCUT2D eigenvalue weighted by Crippen LogP contribution is -2.39. The van der Waals surface area contributed by atoms with Crippen LogP contribution < -0.4 is 0 Å². The molecular weight excluding hydrogens is 398 g/mol. The van der Waals surface area contributed by atoms with Crippen molar-refractivity contribution >= 4 is 33.4 Å². The van der Waals surface area contributed by atoms with Gasteiger partial charge in [0.05, 0.1) is 6.54 Å². The monoisotopic (exact) mass is 421 g/mol. The van der Waals surface area contributed by atoms with Crippen molar-refractivity contribution in [1.82, 2.24) is 4.90 Å². The molecule has 0 N–H and O–H groups in total. The fourth-order valence-electron chi connectivity index (χ4n) is 2.98. The molecule has 1 amide bonds. The summed E-state index contributed by atoms with van der Waals surface area (Å²) in [6.07, 6.45) is 1.64. The Kier molecular flexibility index (Phi) is 5.26. The average molecular weight is 422 g/mol. The van der Waals surface area contributed by atoms with Gasteiger partial charge in [0.15, 0.2) is 0 Å². The van der Waals surface area contributed by atoms with Crippen LogP contribution in [0.4, 0.5) is 4.79 Å². The minimum absolute atomic E-state index is 0.214. The van der Waals surface area contributed by atoms with E-state index in [1.165, 1.54) is 26.4 Å². The van der Waals surface area contributed by atoms with Gasteiger partial charge in [-0.2, -0.15) is 0 Å². The number of halogens is 1. The minimum Gasteiger partial charge on any atom is -0.444 e. The highest BCUT2D eigenvalue weighted by atomic mass is 79.9. The third-order valence-electron chi connectivity index (χ3n) is 4.25. The van der Waals surface area contributed by atoms with Crippen LogP contribution in [-0.4, -0.2) is 23.1 Å². The number of benzene rings is 1. The summed E-state index contributed by atoms with van der Waals surface area (Å²) in [7, 11) is 0. The summed E-state index contributed by atoms with van der Waals surface area (Å²) in [6.45, 7) is 9.26. The van der Waals surface area contributed by atoms with E-state index in [1.807, 2.05) is 37.0 Å². The van der Waals surface area contributed by atoms with Crippen LogP contribution in [0.3, 0.4) is 0 Å². The van der Waals surface area contributed by atoms with Crippen LogP contribution in [0.5, 0.6) is 0 Å². The molecule has 134 valence electrons. The number of hydrogen-bond donors (Lipinski definition) is 0. The molecule has 3 nitrogen and oxygen atoms in total. The molecule has 3 rings (SSSR count). The first-order chi connectivity index (χ1) is 11.7.